The van der Waals surface area contributed by atoms with Crippen LogP contribution in [0.15, 0.2) is 16.9 Å². The van der Waals surface area contributed by atoms with Gasteiger partial charge >= 0.3 is 0 Å². The Morgan fingerprint density at radius 1 is 1.36 bits per heavy atom. The van der Waals surface area contributed by atoms with Crippen LogP contribution in [0.1, 0.15) is 50.6 Å². The first-order valence-electron chi connectivity index (χ1n) is 8.71. The molecule has 0 saturated carbocycles. The molecule has 0 aliphatic carbocycles. The van der Waals surface area contributed by atoms with Crippen molar-refractivity contribution in [2.24, 2.45) is 0 Å². The van der Waals surface area contributed by atoms with Crippen molar-refractivity contribution in [3.05, 3.63) is 49.3 Å². The number of amides is 1. The molecule has 2 aliphatic heterocycles. The minimum Gasteiger partial charge on any atom is -0.373 e. The van der Waals surface area contributed by atoms with Crippen LogP contribution in [0, 0.1) is 6.92 Å². The third kappa shape index (κ3) is 3.26. The summed E-state index contributed by atoms with van der Waals surface area (Å²) in [6, 6.07) is 3.91. The van der Waals surface area contributed by atoms with Crippen molar-refractivity contribution in [1.29, 1.82) is 0 Å². The lowest BCUT2D eigenvalue weighted by Crippen LogP contribution is -2.33. The zero-order valence-electron chi connectivity index (χ0n) is 14.2. The molecule has 1 atom stereocenters. The van der Waals surface area contributed by atoms with E-state index in [0.717, 1.165) is 34.9 Å². The van der Waals surface area contributed by atoms with Gasteiger partial charge in [-0.05, 0) is 38.3 Å². The van der Waals surface area contributed by atoms with Crippen LogP contribution in [-0.4, -0.2) is 40.5 Å². The first kappa shape index (κ1) is 16.5. The van der Waals surface area contributed by atoms with Crippen LogP contribution in [-0.2, 0) is 17.6 Å². The third-order valence-electron chi connectivity index (χ3n) is 4.84. The number of rotatable bonds is 2. The lowest BCUT2D eigenvalue weighted by Gasteiger charge is -2.19. The second kappa shape index (κ2) is 6.72. The molecule has 7 heteroatoms. The Morgan fingerprint density at radius 2 is 2.20 bits per heavy atom. The minimum atomic E-state index is -0.0754. The summed E-state index contributed by atoms with van der Waals surface area (Å²) < 4.78 is 5.70. The molecular weight excluding hydrogens is 338 g/mol. The highest BCUT2D eigenvalue weighted by Gasteiger charge is 2.25. The molecule has 0 spiro atoms. The average Bonchev–Trinajstić information content (AvgIpc) is 3.22. The summed E-state index contributed by atoms with van der Waals surface area (Å²) in [5, 5.41) is 0. The van der Waals surface area contributed by atoms with Gasteiger partial charge in [0, 0.05) is 36.6 Å². The SMILES string of the molecule is Cc1nc2c(c(=O)[nH]1)CCN(C(=O)c1ccc([C@H]3CCCO3)s1)CC2. The number of carbonyl (C=O) groups excluding carboxylic acids is 1. The lowest BCUT2D eigenvalue weighted by atomic mass is 10.1. The van der Waals surface area contributed by atoms with Crippen molar-refractivity contribution < 1.29 is 9.53 Å². The van der Waals surface area contributed by atoms with Gasteiger partial charge in [0.1, 0.15) is 5.82 Å². The molecular formula is C18H21N3O3S. The molecule has 4 heterocycles. The maximum Gasteiger partial charge on any atom is 0.263 e. The van der Waals surface area contributed by atoms with E-state index < -0.39 is 0 Å². The summed E-state index contributed by atoms with van der Waals surface area (Å²) in [6.45, 7) is 3.73. The van der Waals surface area contributed by atoms with E-state index in [4.69, 9.17) is 4.74 Å². The molecule has 2 aromatic heterocycles. The Kier molecular flexibility index (Phi) is 4.43. The van der Waals surface area contributed by atoms with Crippen molar-refractivity contribution >= 4 is 17.2 Å². The van der Waals surface area contributed by atoms with Crippen LogP contribution in [0.5, 0.6) is 0 Å². The van der Waals surface area contributed by atoms with Gasteiger partial charge in [-0.1, -0.05) is 0 Å². The van der Waals surface area contributed by atoms with Gasteiger partial charge in [-0.3, -0.25) is 9.59 Å². The molecule has 0 radical (unpaired) electrons. The summed E-state index contributed by atoms with van der Waals surface area (Å²) in [4.78, 5) is 35.9. The molecule has 132 valence electrons. The number of carbonyl (C=O) groups is 1. The van der Waals surface area contributed by atoms with Gasteiger partial charge in [-0.15, -0.1) is 11.3 Å². The van der Waals surface area contributed by atoms with Crippen molar-refractivity contribution in [3.8, 4) is 0 Å². The molecule has 6 nitrogen and oxygen atoms in total. The van der Waals surface area contributed by atoms with E-state index in [0.29, 0.717) is 37.3 Å². The van der Waals surface area contributed by atoms with E-state index in [9.17, 15) is 9.59 Å². The molecule has 1 N–H and O–H groups in total. The van der Waals surface area contributed by atoms with Gasteiger partial charge in [0.2, 0.25) is 0 Å². The highest BCUT2D eigenvalue weighted by atomic mass is 32.1. The van der Waals surface area contributed by atoms with E-state index in [1.54, 1.807) is 6.92 Å². The topological polar surface area (TPSA) is 75.3 Å². The second-order valence-electron chi connectivity index (χ2n) is 6.57. The van der Waals surface area contributed by atoms with E-state index in [1.807, 2.05) is 17.0 Å². The van der Waals surface area contributed by atoms with Crippen LogP contribution in [0.25, 0.3) is 0 Å². The second-order valence-corrected chi connectivity index (χ2v) is 7.69. The van der Waals surface area contributed by atoms with Gasteiger partial charge in [0.25, 0.3) is 11.5 Å². The number of H-pyrrole nitrogens is 1. The van der Waals surface area contributed by atoms with Crippen molar-refractivity contribution in [1.82, 2.24) is 14.9 Å². The van der Waals surface area contributed by atoms with Crippen molar-refractivity contribution in [2.45, 2.75) is 38.7 Å². The quantitative estimate of drug-likeness (QED) is 0.892. The molecule has 2 aliphatic rings. The maximum absolute atomic E-state index is 12.9. The predicted octanol–water partition coefficient (Wildman–Crippen LogP) is 2.23. The number of thiophene rings is 1. The molecule has 2 aromatic rings. The first-order chi connectivity index (χ1) is 12.1. The number of nitrogens with zero attached hydrogens (tertiary/aromatic N) is 2. The number of aromatic nitrogens is 2. The fourth-order valence-corrected chi connectivity index (χ4v) is 4.59. The Hall–Kier alpha value is -1.99. The van der Waals surface area contributed by atoms with Gasteiger partial charge in [-0.2, -0.15) is 0 Å². The Morgan fingerprint density at radius 3 is 3.00 bits per heavy atom. The van der Waals surface area contributed by atoms with E-state index >= 15 is 0 Å². The number of hydrogen-bond acceptors (Lipinski definition) is 5. The summed E-state index contributed by atoms with van der Waals surface area (Å²) >= 11 is 1.53. The fourth-order valence-electron chi connectivity index (χ4n) is 3.53. The minimum absolute atomic E-state index is 0.0372. The standard InChI is InChI=1S/C18H21N3O3S/c1-11-19-13-7-9-21(8-6-12(13)17(22)20-11)18(23)16-5-4-15(25-16)14-3-2-10-24-14/h4-5,14H,2-3,6-10H2,1H3,(H,19,20,22)/t14-/m1/s1. The largest absolute Gasteiger partial charge is 0.373 e. The Labute approximate surface area is 149 Å². The monoisotopic (exact) mass is 359 g/mol. The highest BCUT2D eigenvalue weighted by molar-refractivity contribution is 7.14. The van der Waals surface area contributed by atoms with E-state index in [2.05, 4.69) is 9.97 Å². The van der Waals surface area contributed by atoms with Crippen molar-refractivity contribution in [2.75, 3.05) is 19.7 Å². The van der Waals surface area contributed by atoms with E-state index in [-0.39, 0.29) is 17.6 Å². The normalized spacial score (nSPS) is 20.4. The molecule has 1 saturated heterocycles. The van der Waals surface area contributed by atoms with Crippen LogP contribution in [0.4, 0.5) is 0 Å². The molecule has 0 unspecified atom stereocenters. The van der Waals surface area contributed by atoms with Crippen molar-refractivity contribution in [3.63, 3.8) is 0 Å². The summed E-state index contributed by atoms with van der Waals surface area (Å²) in [6.07, 6.45) is 3.42. The number of fused-ring (bicyclic) bond motifs is 1. The number of nitrogens with one attached hydrogen (secondary N) is 1. The smallest absolute Gasteiger partial charge is 0.263 e. The van der Waals surface area contributed by atoms with E-state index in [1.165, 1.54) is 11.3 Å². The molecule has 4 rings (SSSR count). The number of aryl methyl sites for hydroxylation is 1. The zero-order valence-corrected chi connectivity index (χ0v) is 15.0. The Bertz CT molecular complexity index is 851. The summed E-state index contributed by atoms with van der Waals surface area (Å²) in [5.74, 6) is 0.665. The maximum atomic E-state index is 12.9. The average molecular weight is 359 g/mol. The summed E-state index contributed by atoms with van der Waals surface area (Å²) in [7, 11) is 0. The van der Waals surface area contributed by atoms with Gasteiger partial charge in [0.15, 0.2) is 0 Å². The van der Waals surface area contributed by atoms with Gasteiger partial charge in [-0.25, -0.2) is 4.98 Å². The van der Waals surface area contributed by atoms with Crippen LogP contribution in [0.2, 0.25) is 0 Å². The zero-order chi connectivity index (χ0) is 17.4. The van der Waals surface area contributed by atoms with Gasteiger partial charge < -0.3 is 14.6 Å². The number of ether oxygens (including phenoxy) is 1. The number of hydrogen-bond donors (Lipinski definition) is 1. The summed E-state index contributed by atoms with van der Waals surface area (Å²) in [5.41, 5.74) is 1.46. The first-order valence-corrected chi connectivity index (χ1v) is 9.53. The van der Waals surface area contributed by atoms with Crippen LogP contribution < -0.4 is 5.56 Å². The Balaban J connectivity index is 1.50. The predicted molar refractivity (Wildman–Crippen MR) is 95.2 cm³/mol. The van der Waals surface area contributed by atoms with Crippen LogP contribution in [0.3, 0.4) is 0 Å². The lowest BCUT2D eigenvalue weighted by molar-refractivity contribution is 0.0767. The molecule has 0 bridgehead atoms. The highest BCUT2D eigenvalue weighted by Crippen LogP contribution is 2.33. The number of aromatic amines is 1. The molecule has 25 heavy (non-hydrogen) atoms. The molecule has 1 amide bonds. The molecule has 0 aromatic carbocycles. The third-order valence-corrected chi connectivity index (χ3v) is 6.01. The van der Waals surface area contributed by atoms with Crippen LogP contribution >= 0.6 is 11.3 Å². The van der Waals surface area contributed by atoms with Gasteiger partial charge in [0.05, 0.1) is 16.7 Å². The fraction of sp³-hybridized carbons (Fsp3) is 0.500. The molecule has 1 fully saturated rings.